The van der Waals surface area contributed by atoms with Crippen LogP contribution >= 0.6 is 11.8 Å². The van der Waals surface area contributed by atoms with Gasteiger partial charge in [0, 0.05) is 5.25 Å². The molecule has 1 aromatic rings. The van der Waals surface area contributed by atoms with E-state index < -0.39 is 9.84 Å². The number of rotatable bonds is 2. The summed E-state index contributed by atoms with van der Waals surface area (Å²) in [6.45, 7) is 0. The fraction of sp³-hybridized carbons (Fsp3) is 0.333. The Hall–Kier alpha value is -1.34. The lowest BCUT2D eigenvalue weighted by Crippen LogP contribution is -2.15. The summed E-state index contributed by atoms with van der Waals surface area (Å²) in [5.74, 6) is 0.387. The van der Waals surface area contributed by atoms with E-state index >= 15 is 0 Å². The maximum absolute atomic E-state index is 11.4. The van der Waals surface area contributed by atoms with Gasteiger partial charge in [0.1, 0.15) is 0 Å². The molecule has 2 aliphatic heterocycles. The van der Waals surface area contributed by atoms with Gasteiger partial charge in [0.25, 0.3) is 0 Å². The van der Waals surface area contributed by atoms with Crippen LogP contribution in [-0.2, 0) is 9.84 Å². The van der Waals surface area contributed by atoms with E-state index in [0.29, 0.717) is 5.17 Å². The Kier molecular flexibility index (Phi) is 3.32. The van der Waals surface area contributed by atoms with E-state index in [1.807, 2.05) is 30.3 Å². The van der Waals surface area contributed by atoms with E-state index in [-0.39, 0.29) is 22.8 Å². The zero-order chi connectivity index (χ0) is 13.3. The zero-order valence-electron chi connectivity index (χ0n) is 10.1. The molecule has 0 bridgehead atoms. The Labute approximate surface area is 116 Å². The van der Waals surface area contributed by atoms with E-state index in [9.17, 15) is 8.42 Å². The fourth-order valence-corrected chi connectivity index (χ4v) is 5.72. The fourth-order valence-electron chi connectivity index (χ4n) is 2.11. The molecule has 19 heavy (non-hydrogen) atoms. The molecule has 1 N–H and O–H groups in total. The van der Waals surface area contributed by atoms with Crippen molar-refractivity contribution in [3.8, 4) is 0 Å². The molecule has 2 atom stereocenters. The van der Waals surface area contributed by atoms with Gasteiger partial charge in [-0.3, -0.25) is 10.4 Å². The van der Waals surface area contributed by atoms with Gasteiger partial charge in [-0.1, -0.05) is 42.1 Å². The van der Waals surface area contributed by atoms with Crippen LogP contribution in [0.25, 0.3) is 0 Å². The van der Waals surface area contributed by atoms with Crippen molar-refractivity contribution in [2.24, 2.45) is 10.1 Å². The number of thioether (sulfide) groups is 1. The summed E-state index contributed by atoms with van der Waals surface area (Å²) in [4.78, 5) is 4.35. The SMILES string of the molecule is O=S1(=O)C[C@@H]2N=C(N/N=C\c3ccccc3)S[C@@H]2C1. The lowest BCUT2D eigenvalue weighted by Gasteiger charge is -2.01. The van der Waals surface area contributed by atoms with Crippen molar-refractivity contribution in [1.82, 2.24) is 5.43 Å². The van der Waals surface area contributed by atoms with Gasteiger partial charge in [-0.15, -0.1) is 0 Å². The molecule has 1 fully saturated rings. The lowest BCUT2D eigenvalue weighted by atomic mass is 10.2. The molecule has 5 nitrogen and oxygen atoms in total. The molecule has 1 saturated heterocycles. The first-order valence-corrected chi connectivity index (χ1v) is 8.61. The molecule has 2 aliphatic rings. The topological polar surface area (TPSA) is 70.9 Å². The van der Waals surface area contributed by atoms with Gasteiger partial charge < -0.3 is 0 Å². The first-order valence-electron chi connectivity index (χ1n) is 5.91. The third kappa shape index (κ3) is 2.98. The number of sulfone groups is 1. The number of benzene rings is 1. The number of hydrogen-bond acceptors (Lipinski definition) is 6. The van der Waals surface area contributed by atoms with Gasteiger partial charge in [0.05, 0.1) is 23.8 Å². The van der Waals surface area contributed by atoms with E-state index in [2.05, 4.69) is 15.5 Å². The van der Waals surface area contributed by atoms with E-state index in [0.717, 1.165) is 5.56 Å². The zero-order valence-corrected chi connectivity index (χ0v) is 11.7. The second kappa shape index (κ2) is 4.97. The monoisotopic (exact) mass is 295 g/mol. The van der Waals surface area contributed by atoms with Crippen molar-refractivity contribution in [1.29, 1.82) is 0 Å². The van der Waals surface area contributed by atoms with Crippen molar-refractivity contribution in [2.45, 2.75) is 11.3 Å². The van der Waals surface area contributed by atoms with Crippen LogP contribution in [0.2, 0.25) is 0 Å². The van der Waals surface area contributed by atoms with Crippen molar-refractivity contribution in [2.75, 3.05) is 11.5 Å². The molecule has 0 saturated carbocycles. The molecule has 3 rings (SSSR count). The van der Waals surface area contributed by atoms with Gasteiger partial charge in [0.2, 0.25) is 0 Å². The number of aliphatic imine (C=N–C) groups is 1. The van der Waals surface area contributed by atoms with Gasteiger partial charge in [-0.2, -0.15) is 5.10 Å². The number of nitrogens with zero attached hydrogens (tertiary/aromatic N) is 2. The predicted octanol–water partition coefficient (Wildman–Crippen LogP) is 0.878. The molecular weight excluding hydrogens is 282 g/mol. The highest BCUT2D eigenvalue weighted by Crippen LogP contribution is 2.33. The lowest BCUT2D eigenvalue weighted by molar-refractivity contribution is 0.601. The average Bonchev–Trinajstić information content (AvgIpc) is 2.83. The Bertz CT molecular complexity index is 626. The van der Waals surface area contributed by atoms with Crippen LogP contribution in [0.5, 0.6) is 0 Å². The first-order chi connectivity index (χ1) is 9.12. The average molecular weight is 295 g/mol. The Morgan fingerprint density at radius 2 is 2.11 bits per heavy atom. The molecule has 1 aromatic carbocycles. The molecule has 0 spiro atoms. The van der Waals surface area contributed by atoms with E-state index in [1.165, 1.54) is 11.8 Å². The van der Waals surface area contributed by atoms with Crippen LogP contribution in [0.4, 0.5) is 0 Å². The molecular formula is C12H13N3O2S2. The van der Waals surface area contributed by atoms with E-state index in [1.54, 1.807) is 6.21 Å². The van der Waals surface area contributed by atoms with Gasteiger partial charge in [-0.25, -0.2) is 8.42 Å². The molecule has 100 valence electrons. The van der Waals surface area contributed by atoms with Crippen LogP contribution in [0.1, 0.15) is 5.56 Å². The van der Waals surface area contributed by atoms with Crippen LogP contribution < -0.4 is 5.43 Å². The molecule has 7 heteroatoms. The summed E-state index contributed by atoms with van der Waals surface area (Å²) >= 11 is 1.46. The second-order valence-electron chi connectivity index (χ2n) is 4.52. The number of fused-ring (bicyclic) bond motifs is 1. The van der Waals surface area contributed by atoms with Crippen molar-refractivity contribution in [3.63, 3.8) is 0 Å². The summed E-state index contributed by atoms with van der Waals surface area (Å²) in [6.07, 6.45) is 1.72. The number of amidine groups is 1. The second-order valence-corrected chi connectivity index (χ2v) is 7.90. The molecule has 0 aromatic heterocycles. The van der Waals surface area contributed by atoms with Gasteiger partial charge in [-0.05, 0) is 5.56 Å². The van der Waals surface area contributed by atoms with Gasteiger partial charge >= 0.3 is 0 Å². The predicted molar refractivity (Wildman–Crippen MR) is 78.4 cm³/mol. The summed E-state index contributed by atoms with van der Waals surface area (Å²) in [5.41, 5.74) is 3.87. The normalized spacial score (nSPS) is 28.3. The molecule has 0 aliphatic carbocycles. The maximum Gasteiger partial charge on any atom is 0.177 e. The highest BCUT2D eigenvalue weighted by molar-refractivity contribution is 8.15. The molecule has 0 amide bonds. The maximum atomic E-state index is 11.4. The van der Waals surface area contributed by atoms with Crippen molar-refractivity contribution >= 4 is 33.0 Å². The Balaban J connectivity index is 1.60. The summed E-state index contributed by atoms with van der Waals surface area (Å²) in [6, 6.07) is 9.64. The highest BCUT2D eigenvalue weighted by atomic mass is 32.2. The quantitative estimate of drug-likeness (QED) is 0.649. The third-order valence-corrected chi connectivity index (χ3v) is 6.12. The van der Waals surface area contributed by atoms with Gasteiger partial charge in [0.15, 0.2) is 15.0 Å². The van der Waals surface area contributed by atoms with Crippen LogP contribution in [-0.4, -0.2) is 42.6 Å². The first kappa shape index (κ1) is 12.7. The van der Waals surface area contributed by atoms with E-state index in [4.69, 9.17) is 0 Å². The number of hydrogen-bond donors (Lipinski definition) is 1. The minimum absolute atomic E-state index is 0.0550. The standard InChI is InChI=1S/C12H13N3O2S2/c16-19(17)7-10-11(8-19)18-12(14-10)15-13-6-9-4-2-1-3-5-9/h1-6,10-11H,7-8H2,(H,14,15)/b13-6-/t10-,11+/m0/s1. The summed E-state index contributed by atoms with van der Waals surface area (Å²) in [5, 5.41) is 4.87. The Morgan fingerprint density at radius 1 is 1.32 bits per heavy atom. The van der Waals surface area contributed by atoms with Crippen LogP contribution in [0.3, 0.4) is 0 Å². The largest absolute Gasteiger partial charge is 0.256 e. The minimum atomic E-state index is -2.89. The molecule has 2 heterocycles. The molecule has 0 radical (unpaired) electrons. The summed E-state index contributed by atoms with van der Waals surface area (Å²) < 4.78 is 22.8. The number of nitrogens with one attached hydrogen (secondary N) is 1. The third-order valence-electron chi connectivity index (χ3n) is 2.99. The van der Waals surface area contributed by atoms with Crippen molar-refractivity contribution in [3.05, 3.63) is 35.9 Å². The number of hydrazone groups is 1. The van der Waals surface area contributed by atoms with Crippen LogP contribution in [0.15, 0.2) is 40.4 Å². The smallest absolute Gasteiger partial charge is 0.177 e. The summed E-state index contributed by atoms with van der Waals surface area (Å²) in [7, 11) is -2.89. The highest BCUT2D eigenvalue weighted by Gasteiger charge is 2.42. The molecule has 0 unspecified atom stereocenters. The van der Waals surface area contributed by atoms with Crippen LogP contribution in [0, 0.1) is 0 Å². The minimum Gasteiger partial charge on any atom is -0.256 e. The van der Waals surface area contributed by atoms with Crippen molar-refractivity contribution < 1.29 is 8.42 Å². The Morgan fingerprint density at radius 3 is 2.84 bits per heavy atom.